The van der Waals surface area contributed by atoms with Crippen molar-refractivity contribution in [2.45, 2.75) is 19.9 Å². The summed E-state index contributed by atoms with van der Waals surface area (Å²) in [5.41, 5.74) is 1.89. The highest BCUT2D eigenvalue weighted by Gasteiger charge is 2.33. The van der Waals surface area contributed by atoms with Crippen molar-refractivity contribution in [3.63, 3.8) is 0 Å². The van der Waals surface area contributed by atoms with E-state index < -0.39 is 18.0 Å². The maximum atomic E-state index is 13.7. The molecule has 0 bridgehead atoms. The molecule has 1 aromatic heterocycles. The van der Waals surface area contributed by atoms with Gasteiger partial charge in [0.1, 0.15) is 12.4 Å². The number of methoxy groups -OCH3 is 1. The Hall–Kier alpha value is -3.73. The second-order valence-electron chi connectivity index (χ2n) is 8.42. The Balaban J connectivity index is 1.71. The van der Waals surface area contributed by atoms with Gasteiger partial charge in [0, 0.05) is 12.1 Å². The van der Waals surface area contributed by atoms with E-state index in [1.807, 2.05) is 0 Å². The molecule has 0 radical (unpaired) electrons. The summed E-state index contributed by atoms with van der Waals surface area (Å²) in [5.74, 6) is -0.521. The minimum absolute atomic E-state index is 0.0728. The molecule has 0 amide bonds. The van der Waals surface area contributed by atoms with Gasteiger partial charge in [-0.05, 0) is 55.3 Å². The minimum Gasteiger partial charge on any atom is -0.482 e. The molecule has 204 valence electrons. The summed E-state index contributed by atoms with van der Waals surface area (Å²) in [5, 5.41) is 0.533. The van der Waals surface area contributed by atoms with Crippen molar-refractivity contribution in [1.82, 2.24) is 4.57 Å². The molecule has 0 spiro atoms. The van der Waals surface area contributed by atoms with Gasteiger partial charge in [-0.3, -0.25) is 9.36 Å². The molecule has 0 saturated carbocycles. The maximum absolute atomic E-state index is 13.7. The van der Waals surface area contributed by atoms with Crippen LogP contribution in [0.15, 0.2) is 69.6 Å². The first-order valence-electron chi connectivity index (χ1n) is 12.1. The summed E-state index contributed by atoms with van der Waals surface area (Å²) in [4.78, 5) is 43.4. The lowest BCUT2D eigenvalue weighted by Crippen LogP contribution is -2.40. The molecule has 2 aromatic carbocycles. The van der Waals surface area contributed by atoms with E-state index in [1.165, 1.54) is 23.0 Å². The molecule has 1 atom stereocenters. The lowest BCUT2D eigenvalue weighted by atomic mass is 9.96. The number of carbonyl (C=O) groups is 2. The van der Waals surface area contributed by atoms with E-state index in [9.17, 15) is 14.4 Å². The van der Waals surface area contributed by atoms with Gasteiger partial charge in [0.2, 0.25) is 0 Å². The fourth-order valence-corrected chi connectivity index (χ4v) is 5.17. The molecule has 3 aromatic rings. The van der Waals surface area contributed by atoms with Gasteiger partial charge in [-0.1, -0.05) is 47.2 Å². The van der Waals surface area contributed by atoms with Gasteiger partial charge >= 0.3 is 11.9 Å². The first-order valence-corrected chi connectivity index (χ1v) is 13.3. The van der Waals surface area contributed by atoms with Crippen molar-refractivity contribution in [2.24, 2.45) is 4.99 Å². The number of halogens is 1. The summed E-state index contributed by atoms with van der Waals surface area (Å²) < 4.78 is 22.7. The van der Waals surface area contributed by atoms with Gasteiger partial charge in [-0.15, -0.1) is 0 Å². The van der Waals surface area contributed by atoms with Crippen molar-refractivity contribution < 1.29 is 28.5 Å². The summed E-state index contributed by atoms with van der Waals surface area (Å²) in [6.45, 7) is 3.87. The standard InChI is InChI=1S/C28H27ClN2O7S/c1-4-36-23(32)16-38-21-11-5-18(6-12-21)15-22-26(33)31-25(19-7-9-20(29)10-8-19)24(17(2)30-28(31)39-22)27(34)37-14-13-35-3/h5-12,15,25H,4,13-14,16H2,1-3H3. The molecule has 1 unspecified atom stereocenters. The van der Waals surface area contributed by atoms with Crippen LogP contribution in [-0.4, -0.2) is 50.0 Å². The number of esters is 2. The predicted octanol–water partition coefficient (Wildman–Crippen LogP) is 3.02. The molecule has 0 aliphatic carbocycles. The zero-order valence-electron chi connectivity index (χ0n) is 21.6. The van der Waals surface area contributed by atoms with Crippen LogP contribution < -0.4 is 19.6 Å². The van der Waals surface area contributed by atoms with E-state index in [2.05, 4.69) is 4.99 Å². The quantitative estimate of drug-likeness (QED) is 0.272. The van der Waals surface area contributed by atoms with Crippen LogP contribution in [0, 0.1) is 0 Å². The van der Waals surface area contributed by atoms with Gasteiger partial charge in [0.15, 0.2) is 11.4 Å². The van der Waals surface area contributed by atoms with Crippen molar-refractivity contribution in [3.05, 3.63) is 95.6 Å². The molecule has 9 nitrogen and oxygen atoms in total. The van der Waals surface area contributed by atoms with E-state index in [4.69, 9.17) is 30.5 Å². The van der Waals surface area contributed by atoms with Gasteiger partial charge in [-0.25, -0.2) is 14.6 Å². The molecule has 2 heterocycles. The smallest absolute Gasteiger partial charge is 0.344 e. The first kappa shape index (κ1) is 28.3. The predicted molar refractivity (Wildman–Crippen MR) is 147 cm³/mol. The monoisotopic (exact) mass is 570 g/mol. The Bertz CT molecular complexity index is 1560. The Morgan fingerprint density at radius 1 is 1.08 bits per heavy atom. The first-order chi connectivity index (χ1) is 18.8. The third-order valence-electron chi connectivity index (χ3n) is 5.79. The molecule has 0 saturated heterocycles. The number of rotatable bonds is 10. The average molecular weight is 571 g/mol. The lowest BCUT2D eigenvalue weighted by Gasteiger charge is -2.24. The second-order valence-corrected chi connectivity index (χ2v) is 9.87. The molecular formula is C28H27ClN2O7S. The van der Waals surface area contributed by atoms with Crippen molar-refractivity contribution in [3.8, 4) is 5.75 Å². The van der Waals surface area contributed by atoms with Crippen molar-refractivity contribution >= 4 is 41.0 Å². The largest absolute Gasteiger partial charge is 0.482 e. The van der Waals surface area contributed by atoms with Crippen LogP contribution in [0.4, 0.5) is 0 Å². The van der Waals surface area contributed by atoms with E-state index in [0.29, 0.717) is 31.4 Å². The Morgan fingerprint density at radius 3 is 2.46 bits per heavy atom. The normalized spacial score (nSPS) is 15.0. The third kappa shape index (κ3) is 6.65. The van der Waals surface area contributed by atoms with Crippen LogP contribution in [0.2, 0.25) is 5.02 Å². The van der Waals surface area contributed by atoms with Crippen LogP contribution in [0.3, 0.4) is 0 Å². The highest BCUT2D eigenvalue weighted by molar-refractivity contribution is 7.07. The number of fused-ring (bicyclic) bond motifs is 1. The average Bonchev–Trinajstić information content (AvgIpc) is 3.22. The number of aromatic nitrogens is 1. The Morgan fingerprint density at radius 2 is 1.79 bits per heavy atom. The highest BCUT2D eigenvalue weighted by atomic mass is 35.5. The van der Waals surface area contributed by atoms with Crippen molar-refractivity contribution in [2.75, 3.05) is 33.5 Å². The van der Waals surface area contributed by atoms with E-state index in [-0.39, 0.29) is 37.6 Å². The number of thiazole rings is 1. The van der Waals surface area contributed by atoms with Crippen LogP contribution in [0.25, 0.3) is 6.08 Å². The molecular weight excluding hydrogens is 544 g/mol. The van der Waals surface area contributed by atoms with Crippen molar-refractivity contribution in [1.29, 1.82) is 0 Å². The maximum Gasteiger partial charge on any atom is 0.344 e. The highest BCUT2D eigenvalue weighted by Crippen LogP contribution is 2.31. The number of benzene rings is 2. The fourth-order valence-electron chi connectivity index (χ4n) is 4.00. The van der Waals surface area contributed by atoms with Crippen LogP contribution in [-0.2, 0) is 23.8 Å². The number of hydrogen-bond acceptors (Lipinski definition) is 9. The summed E-state index contributed by atoms with van der Waals surface area (Å²) >= 11 is 7.33. The Labute approximate surface area is 233 Å². The summed E-state index contributed by atoms with van der Waals surface area (Å²) in [7, 11) is 1.52. The summed E-state index contributed by atoms with van der Waals surface area (Å²) in [6, 6.07) is 13.2. The van der Waals surface area contributed by atoms with Crippen LogP contribution in [0.1, 0.15) is 31.0 Å². The van der Waals surface area contributed by atoms with E-state index in [0.717, 1.165) is 5.56 Å². The fraction of sp³-hybridized carbons (Fsp3) is 0.286. The van der Waals surface area contributed by atoms with Gasteiger partial charge < -0.3 is 18.9 Å². The number of nitrogens with zero attached hydrogens (tertiary/aromatic N) is 2. The zero-order valence-corrected chi connectivity index (χ0v) is 23.2. The molecule has 11 heteroatoms. The Kier molecular flexibility index (Phi) is 9.34. The van der Waals surface area contributed by atoms with E-state index >= 15 is 0 Å². The number of hydrogen-bond donors (Lipinski definition) is 0. The molecule has 0 fully saturated rings. The topological polar surface area (TPSA) is 105 Å². The molecule has 4 rings (SSSR count). The number of ether oxygens (including phenoxy) is 4. The third-order valence-corrected chi connectivity index (χ3v) is 7.02. The van der Waals surface area contributed by atoms with Gasteiger partial charge in [-0.2, -0.15) is 0 Å². The zero-order chi connectivity index (χ0) is 27.9. The lowest BCUT2D eigenvalue weighted by molar-refractivity contribution is -0.145. The van der Waals surface area contributed by atoms with Gasteiger partial charge in [0.05, 0.1) is 35.1 Å². The number of allylic oxidation sites excluding steroid dienone is 1. The van der Waals surface area contributed by atoms with Crippen LogP contribution >= 0.6 is 22.9 Å². The minimum atomic E-state index is -0.741. The molecule has 39 heavy (non-hydrogen) atoms. The number of carbonyl (C=O) groups excluding carboxylic acids is 2. The SMILES string of the molecule is CCOC(=O)COc1ccc(C=c2sc3n(c2=O)C(c2ccc(Cl)cc2)C(C(=O)OCCOC)=C(C)N=3)cc1. The molecule has 1 aliphatic heterocycles. The second kappa shape index (κ2) is 12.9. The summed E-state index contributed by atoms with van der Waals surface area (Å²) in [6.07, 6.45) is 1.74. The van der Waals surface area contributed by atoms with Gasteiger partial charge in [0.25, 0.3) is 5.56 Å². The molecule has 0 N–H and O–H groups in total. The van der Waals surface area contributed by atoms with Crippen LogP contribution in [0.5, 0.6) is 5.75 Å². The van der Waals surface area contributed by atoms with E-state index in [1.54, 1.807) is 68.5 Å². The molecule has 1 aliphatic rings.